The second-order valence-electron chi connectivity index (χ2n) is 10.8. The predicted octanol–water partition coefficient (Wildman–Crippen LogP) is 2.90. The summed E-state index contributed by atoms with van der Waals surface area (Å²) in [7, 11) is 0. The number of piperazine rings is 1. The van der Waals surface area contributed by atoms with Crippen molar-refractivity contribution in [2.45, 2.75) is 39.0 Å². The molecule has 3 unspecified atom stereocenters. The Labute approximate surface area is 231 Å². The topological polar surface area (TPSA) is 121 Å². The highest BCUT2D eigenvalue weighted by atomic mass is 19.1. The van der Waals surface area contributed by atoms with Gasteiger partial charge in [0.1, 0.15) is 29.4 Å². The Morgan fingerprint density at radius 1 is 1.18 bits per heavy atom. The van der Waals surface area contributed by atoms with Gasteiger partial charge < -0.3 is 20.5 Å². The normalized spacial score (nSPS) is 21.7. The van der Waals surface area contributed by atoms with E-state index in [0.29, 0.717) is 55.7 Å². The lowest BCUT2D eigenvalue weighted by molar-refractivity contribution is -0.0247. The molecule has 5 rings (SSSR count). The van der Waals surface area contributed by atoms with Crippen LogP contribution >= 0.6 is 0 Å². The number of nitrogens with two attached hydrogens (primary N) is 1. The van der Waals surface area contributed by atoms with Crippen LogP contribution in [0, 0.1) is 28.9 Å². The van der Waals surface area contributed by atoms with Crippen LogP contribution < -0.4 is 20.9 Å². The Bertz CT molecular complexity index is 1430. The minimum Gasteiger partial charge on any atom is -0.486 e. The summed E-state index contributed by atoms with van der Waals surface area (Å²) < 4.78 is 34.8. The molecule has 4 atom stereocenters. The molecule has 0 spiro atoms. The van der Waals surface area contributed by atoms with Gasteiger partial charge in [0.25, 0.3) is 0 Å². The number of aliphatic hydroxyl groups excluding tert-OH is 1. The molecule has 1 aliphatic carbocycles. The van der Waals surface area contributed by atoms with Gasteiger partial charge in [0.15, 0.2) is 0 Å². The maximum atomic E-state index is 13.9. The number of halogens is 2. The third-order valence-corrected chi connectivity index (χ3v) is 7.81. The first-order valence-electron chi connectivity index (χ1n) is 13.4. The van der Waals surface area contributed by atoms with E-state index in [1.54, 1.807) is 12.1 Å². The largest absolute Gasteiger partial charge is 0.486 e. The lowest BCUT2D eigenvalue weighted by atomic mass is 10.1. The van der Waals surface area contributed by atoms with E-state index in [4.69, 9.17) is 15.9 Å². The molecule has 2 fully saturated rings. The third kappa shape index (κ3) is 6.00. The fourth-order valence-electron chi connectivity index (χ4n) is 5.24. The van der Waals surface area contributed by atoms with Gasteiger partial charge >= 0.3 is 5.56 Å². The van der Waals surface area contributed by atoms with E-state index in [9.17, 15) is 18.7 Å². The summed E-state index contributed by atoms with van der Waals surface area (Å²) in [6, 6.07) is 10.0. The van der Waals surface area contributed by atoms with Crippen LogP contribution in [0.2, 0.25) is 0 Å². The number of nitrogen functional groups attached to an aromatic ring is 1. The molecule has 0 bridgehead atoms. The van der Waals surface area contributed by atoms with Crippen molar-refractivity contribution >= 4 is 11.5 Å². The maximum absolute atomic E-state index is 13.9. The highest BCUT2D eigenvalue weighted by Crippen LogP contribution is 2.38. The van der Waals surface area contributed by atoms with Crippen LogP contribution in [-0.2, 0) is 6.42 Å². The molecule has 2 aromatic carbocycles. The predicted molar refractivity (Wildman–Crippen MR) is 148 cm³/mol. The maximum Gasteiger partial charge on any atom is 0.316 e. The Morgan fingerprint density at radius 2 is 1.85 bits per heavy atom. The number of hydrogen-bond donors (Lipinski definition) is 3. The third-order valence-electron chi connectivity index (χ3n) is 7.81. The molecular weight excluding hydrogens is 518 g/mol. The number of aliphatic hydroxyl groups is 1. The first-order chi connectivity index (χ1) is 19.1. The molecule has 40 heavy (non-hydrogen) atoms. The first-order valence-corrected chi connectivity index (χ1v) is 13.4. The number of benzene rings is 2. The number of amidine groups is 1. The van der Waals surface area contributed by atoms with Gasteiger partial charge in [-0.3, -0.25) is 15.1 Å². The Morgan fingerprint density at radius 3 is 2.45 bits per heavy atom. The van der Waals surface area contributed by atoms with Crippen molar-refractivity contribution in [3.63, 3.8) is 0 Å². The fourth-order valence-corrected chi connectivity index (χ4v) is 5.24. The Kier molecular flexibility index (Phi) is 7.86. The standard InChI is InChI=1S/C29H34F2N6O3/c1-17-9-21(17)16-40-27-25(14-34-37(29(27)39)24-12-22(30)11-23(31)13-24)35-7-8-36(18(2)15-35)26(38)10-19-3-5-20(6-4-19)28(32)33/h3-6,11-14,17-18,21,26,38H,7-10,15-16H2,1-2H3,(H3,32,33)/t17?,18-,21?,26?/m1/s1. The molecular formula is C29H34F2N6O3. The molecule has 4 N–H and O–H groups in total. The van der Waals surface area contributed by atoms with Crippen LogP contribution in [0.25, 0.3) is 5.69 Å². The fraction of sp³-hybridized carbons (Fsp3) is 0.414. The molecule has 11 heteroatoms. The SMILES string of the molecule is CC1CC1COc1c(N2CCN(C(O)Cc3ccc(C(=N)N)cc3)[C@H](C)C2)cnn(-c2cc(F)cc(F)c2)c1=O. The molecule has 1 aromatic heterocycles. The van der Waals surface area contributed by atoms with E-state index < -0.39 is 23.4 Å². The zero-order valence-electron chi connectivity index (χ0n) is 22.6. The minimum atomic E-state index is -0.805. The average molecular weight is 553 g/mol. The summed E-state index contributed by atoms with van der Waals surface area (Å²) in [4.78, 5) is 17.5. The molecule has 0 amide bonds. The molecule has 2 aliphatic rings. The second-order valence-corrected chi connectivity index (χ2v) is 10.8. The number of hydrogen-bond acceptors (Lipinski definition) is 7. The van der Waals surface area contributed by atoms with E-state index in [2.05, 4.69) is 12.0 Å². The van der Waals surface area contributed by atoms with Crippen LogP contribution in [0.15, 0.2) is 53.5 Å². The monoisotopic (exact) mass is 552 g/mol. The number of nitrogens with one attached hydrogen (secondary N) is 1. The van der Waals surface area contributed by atoms with E-state index in [1.807, 2.05) is 28.9 Å². The van der Waals surface area contributed by atoms with Crippen LogP contribution in [0.4, 0.5) is 14.5 Å². The van der Waals surface area contributed by atoms with Crippen LogP contribution in [0.5, 0.6) is 5.75 Å². The van der Waals surface area contributed by atoms with Gasteiger partial charge in [-0.15, -0.1) is 0 Å². The second kappa shape index (κ2) is 11.3. The summed E-state index contributed by atoms with van der Waals surface area (Å²) >= 11 is 0. The highest BCUT2D eigenvalue weighted by molar-refractivity contribution is 5.94. The van der Waals surface area contributed by atoms with Crippen molar-refractivity contribution in [2.24, 2.45) is 17.6 Å². The van der Waals surface area contributed by atoms with Crippen molar-refractivity contribution in [3.05, 3.63) is 81.8 Å². The summed E-state index contributed by atoms with van der Waals surface area (Å²) in [5.74, 6) is -0.632. The summed E-state index contributed by atoms with van der Waals surface area (Å²) in [6.45, 7) is 6.06. The molecule has 0 radical (unpaired) electrons. The molecule has 9 nitrogen and oxygen atoms in total. The number of aromatic nitrogens is 2. The van der Waals surface area contributed by atoms with Crippen molar-refractivity contribution in [1.29, 1.82) is 5.41 Å². The zero-order valence-corrected chi connectivity index (χ0v) is 22.6. The summed E-state index contributed by atoms with van der Waals surface area (Å²) in [5.41, 5.74) is 7.01. The van der Waals surface area contributed by atoms with Crippen molar-refractivity contribution < 1.29 is 18.6 Å². The van der Waals surface area contributed by atoms with Crippen molar-refractivity contribution in [3.8, 4) is 11.4 Å². The zero-order chi connectivity index (χ0) is 28.6. The Hall–Kier alpha value is -3.83. The first kappa shape index (κ1) is 27.7. The van der Waals surface area contributed by atoms with Gasteiger partial charge in [0.05, 0.1) is 18.5 Å². The minimum absolute atomic E-state index is 0.00269. The van der Waals surface area contributed by atoms with Gasteiger partial charge in [0.2, 0.25) is 5.75 Å². The number of rotatable bonds is 9. The van der Waals surface area contributed by atoms with Crippen molar-refractivity contribution in [1.82, 2.24) is 14.7 Å². The van der Waals surface area contributed by atoms with Gasteiger partial charge in [-0.05, 0) is 42.9 Å². The van der Waals surface area contributed by atoms with E-state index in [1.165, 1.54) is 6.20 Å². The summed E-state index contributed by atoms with van der Waals surface area (Å²) in [6.07, 6.45) is 2.22. The number of nitrogens with zero attached hydrogens (tertiary/aromatic N) is 4. The van der Waals surface area contributed by atoms with Gasteiger partial charge in [0, 0.05) is 43.7 Å². The van der Waals surface area contributed by atoms with Crippen LogP contribution in [0.3, 0.4) is 0 Å². The van der Waals surface area contributed by atoms with E-state index in [-0.39, 0.29) is 23.3 Å². The lowest BCUT2D eigenvalue weighted by Gasteiger charge is -2.43. The van der Waals surface area contributed by atoms with E-state index >= 15 is 0 Å². The van der Waals surface area contributed by atoms with Gasteiger partial charge in [-0.25, -0.2) is 8.78 Å². The van der Waals surface area contributed by atoms with Gasteiger partial charge in [-0.1, -0.05) is 31.2 Å². The molecule has 212 valence electrons. The molecule has 3 aromatic rings. The van der Waals surface area contributed by atoms with E-state index in [0.717, 1.165) is 34.9 Å². The number of anilines is 1. The van der Waals surface area contributed by atoms with Crippen molar-refractivity contribution in [2.75, 3.05) is 31.1 Å². The summed E-state index contributed by atoms with van der Waals surface area (Å²) in [5, 5.41) is 22.8. The molecule has 1 aliphatic heterocycles. The quantitative estimate of drug-likeness (QED) is 0.276. The average Bonchev–Trinajstić information content (AvgIpc) is 3.62. The lowest BCUT2D eigenvalue weighted by Crippen LogP contribution is -2.56. The molecule has 1 saturated carbocycles. The highest BCUT2D eigenvalue weighted by Gasteiger charge is 2.35. The number of ether oxygens (including phenoxy) is 1. The van der Waals surface area contributed by atoms with Crippen LogP contribution in [-0.4, -0.2) is 64.1 Å². The Balaban J connectivity index is 1.35. The van der Waals surface area contributed by atoms with Gasteiger partial charge in [-0.2, -0.15) is 9.78 Å². The van der Waals surface area contributed by atoms with Crippen LogP contribution in [0.1, 0.15) is 31.4 Å². The smallest absolute Gasteiger partial charge is 0.316 e. The molecule has 2 heterocycles. The molecule has 1 saturated heterocycles.